The van der Waals surface area contributed by atoms with Crippen molar-refractivity contribution in [1.82, 2.24) is 0 Å². The molecule has 2 heterocycles. The fraction of sp³-hybridized carbons (Fsp3) is 0.875. The van der Waals surface area contributed by atoms with Crippen molar-refractivity contribution in [3.63, 3.8) is 0 Å². The molecule has 1 aliphatic carbocycles. The SMILES string of the molecule is CC(C)[C@@H]1CC[C@@H](C)CC12CCC[C@@H](C[C@H]1CC=C[C@@H](CCCC(=O)O)O1)O2. The number of carboxylic acid groups (broad SMARTS) is 1. The Morgan fingerprint density at radius 1 is 1.25 bits per heavy atom. The molecule has 3 rings (SSSR count). The van der Waals surface area contributed by atoms with E-state index >= 15 is 0 Å². The third-order valence-electron chi connectivity index (χ3n) is 7.19. The predicted molar refractivity (Wildman–Crippen MR) is 111 cm³/mol. The molecule has 28 heavy (non-hydrogen) atoms. The highest BCUT2D eigenvalue weighted by atomic mass is 16.5. The Kier molecular flexibility index (Phi) is 7.60. The molecule has 160 valence electrons. The number of carboxylic acids is 1. The second-order valence-electron chi connectivity index (χ2n) is 9.92. The fourth-order valence-corrected chi connectivity index (χ4v) is 5.97. The number of ether oxygens (including phenoxy) is 2. The molecule has 1 N–H and O–H groups in total. The number of hydrogen-bond donors (Lipinski definition) is 1. The molecule has 4 nitrogen and oxygen atoms in total. The molecule has 3 aliphatic rings. The molecule has 2 fully saturated rings. The highest BCUT2D eigenvalue weighted by Gasteiger charge is 2.48. The maximum absolute atomic E-state index is 10.7. The lowest BCUT2D eigenvalue weighted by atomic mass is 9.64. The minimum atomic E-state index is -0.723. The molecule has 0 aromatic heterocycles. The smallest absolute Gasteiger partial charge is 0.303 e. The van der Waals surface area contributed by atoms with Crippen LogP contribution in [0, 0.1) is 17.8 Å². The highest BCUT2D eigenvalue weighted by molar-refractivity contribution is 5.66. The first kappa shape index (κ1) is 21.8. The van der Waals surface area contributed by atoms with Crippen LogP contribution in [0.1, 0.15) is 91.4 Å². The van der Waals surface area contributed by atoms with Gasteiger partial charge < -0.3 is 14.6 Å². The molecule has 0 amide bonds. The Labute approximate surface area is 171 Å². The molecule has 1 saturated heterocycles. The van der Waals surface area contributed by atoms with Gasteiger partial charge in [0, 0.05) is 12.8 Å². The van der Waals surface area contributed by atoms with Crippen LogP contribution in [0.4, 0.5) is 0 Å². The molecule has 1 spiro atoms. The third kappa shape index (κ3) is 5.60. The summed E-state index contributed by atoms with van der Waals surface area (Å²) in [6, 6.07) is 0. The molecule has 0 bridgehead atoms. The molecule has 2 aliphatic heterocycles. The van der Waals surface area contributed by atoms with E-state index in [4.69, 9.17) is 14.6 Å². The van der Waals surface area contributed by atoms with Crippen LogP contribution in [0.2, 0.25) is 0 Å². The topological polar surface area (TPSA) is 55.8 Å². The minimum absolute atomic E-state index is 0.0637. The largest absolute Gasteiger partial charge is 0.481 e. The number of aliphatic carboxylic acids is 1. The van der Waals surface area contributed by atoms with Crippen molar-refractivity contribution in [1.29, 1.82) is 0 Å². The van der Waals surface area contributed by atoms with Crippen molar-refractivity contribution in [3.05, 3.63) is 12.2 Å². The molecule has 6 atom stereocenters. The second kappa shape index (κ2) is 9.75. The zero-order valence-corrected chi connectivity index (χ0v) is 18.1. The lowest BCUT2D eigenvalue weighted by molar-refractivity contribution is -0.199. The van der Waals surface area contributed by atoms with Crippen LogP contribution >= 0.6 is 0 Å². The van der Waals surface area contributed by atoms with Crippen LogP contribution in [0.5, 0.6) is 0 Å². The summed E-state index contributed by atoms with van der Waals surface area (Å²) in [4.78, 5) is 10.7. The van der Waals surface area contributed by atoms with Crippen LogP contribution in [0.15, 0.2) is 12.2 Å². The lowest BCUT2D eigenvalue weighted by Gasteiger charge is -2.52. The highest BCUT2D eigenvalue weighted by Crippen LogP contribution is 2.49. The van der Waals surface area contributed by atoms with E-state index in [-0.39, 0.29) is 24.2 Å². The van der Waals surface area contributed by atoms with Crippen molar-refractivity contribution in [2.24, 2.45) is 17.8 Å². The Balaban J connectivity index is 1.55. The summed E-state index contributed by atoms with van der Waals surface area (Å²) < 4.78 is 13.2. The van der Waals surface area contributed by atoms with Gasteiger partial charge in [-0.1, -0.05) is 39.3 Å². The second-order valence-corrected chi connectivity index (χ2v) is 9.92. The zero-order valence-electron chi connectivity index (χ0n) is 18.1. The Morgan fingerprint density at radius 2 is 2.07 bits per heavy atom. The van der Waals surface area contributed by atoms with E-state index in [0.717, 1.165) is 31.6 Å². The van der Waals surface area contributed by atoms with E-state index in [9.17, 15) is 4.79 Å². The Hall–Kier alpha value is -0.870. The van der Waals surface area contributed by atoms with E-state index in [2.05, 4.69) is 32.9 Å². The van der Waals surface area contributed by atoms with Gasteiger partial charge in [0.25, 0.3) is 0 Å². The quantitative estimate of drug-likeness (QED) is 0.561. The van der Waals surface area contributed by atoms with Gasteiger partial charge in [-0.25, -0.2) is 0 Å². The van der Waals surface area contributed by atoms with E-state index in [1.165, 1.54) is 32.1 Å². The fourth-order valence-electron chi connectivity index (χ4n) is 5.97. The number of hydrogen-bond acceptors (Lipinski definition) is 3. The molecule has 0 aromatic carbocycles. The summed E-state index contributed by atoms with van der Waals surface area (Å²) in [5.74, 6) is 1.40. The Morgan fingerprint density at radius 3 is 2.82 bits per heavy atom. The predicted octanol–water partition coefficient (Wildman–Crippen LogP) is 5.75. The molecule has 0 aromatic rings. The van der Waals surface area contributed by atoms with E-state index in [0.29, 0.717) is 24.4 Å². The molecule has 1 unspecified atom stereocenters. The van der Waals surface area contributed by atoms with Gasteiger partial charge in [0.2, 0.25) is 0 Å². The summed E-state index contributed by atoms with van der Waals surface area (Å²) in [6.45, 7) is 7.13. The maximum atomic E-state index is 10.7. The van der Waals surface area contributed by atoms with Crippen LogP contribution in [-0.4, -0.2) is 35.0 Å². The summed E-state index contributed by atoms with van der Waals surface area (Å²) >= 11 is 0. The van der Waals surface area contributed by atoms with Gasteiger partial charge in [-0.05, 0) is 69.1 Å². The van der Waals surface area contributed by atoms with Crippen molar-refractivity contribution >= 4 is 5.97 Å². The van der Waals surface area contributed by atoms with Gasteiger partial charge in [-0.15, -0.1) is 0 Å². The summed E-state index contributed by atoms with van der Waals surface area (Å²) in [7, 11) is 0. The standard InChI is InChI=1S/C24H40O4/c1-17(2)22-13-12-18(3)16-24(22)14-6-10-21(28-24)15-20-9-4-7-19(27-20)8-5-11-23(25)26/h4,7,17-22H,5-6,8-16H2,1-3H3,(H,25,26)/t18-,19+,20-,21+,22+,24?/m1/s1. The van der Waals surface area contributed by atoms with Crippen LogP contribution < -0.4 is 0 Å². The summed E-state index contributed by atoms with van der Waals surface area (Å²) in [6.07, 6.45) is 16.0. The average Bonchev–Trinajstić information content (AvgIpc) is 2.61. The van der Waals surface area contributed by atoms with E-state index in [1.54, 1.807) is 0 Å². The van der Waals surface area contributed by atoms with Crippen molar-refractivity contribution in [3.8, 4) is 0 Å². The Bertz CT molecular complexity index is 543. The van der Waals surface area contributed by atoms with Gasteiger partial charge in [0.1, 0.15) is 0 Å². The maximum Gasteiger partial charge on any atom is 0.303 e. The third-order valence-corrected chi connectivity index (χ3v) is 7.19. The number of carbonyl (C=O) groups is 1. The number of rotatable bonds is 7. The minimum Gasteiger partial charge on any atom is -0.481 e. The van der Waals surface area contributed by atoms with Crippen LogP contribution in [-0.2, 0) is 14.3 Å². The first-order valence-corrected chi connectivity index (χ1v) is 11.6. The van der Waals surface area contributed by atoms with E-state index in [1.807, 2.05) is 0 Å². The van der Waals surface area contributed by atoms with Crippen LogP contribution in [0.25, 0.3) is 0 Å². The van der Waals surface area contributed by atoms with Gasteiger partial charge in [-0.3, -0.25) is 4.79 Å². The van der Waals surface area contributed by atoms with Gasteiger partial charge in [0.05, 0.1) is 23.9 Å². The van der Waals surface area contributed by atoms with Crippen molar-refractivity contribution in [2.45, 2.75) is 115 Å². The summed E-state index contributed by atoms with van der Waals surface area (Å²) in [5.41, 5.74) is 0.0835. The molecule has 0 radical (unpaired) electrons. The van der Waals surface area contributed by atoms with Gasteiger partial charge in [-0.2, -0.15) is 0 Å². The zero-order chi connectivity index (χ0) is 20.1. The lowest BCUT2D eigenvalue weighted by Crippen LogP contribution is -2.52. The monoisotopic (exact) mass is 392 g/mol. The molecular formula is C24H40O4. The van der Waals surface area contributed by atoms with Crippen molar-refractivity contribution in [2.75, 3.05) is 0 Å². The average molecular weight is 393 g/mol. The summed E-state index contributed by atoms with van der Waals surface area (Å²) in [5, 5.41) is 8.84. The normalized spacial score (nSPS) is 38.8. The van der Waals surface area contributed by atoms with Gasteiger partial charge in [0.15, 0.2) is 0 Å². The van der Waals surface area contributed by atoms with Crippen LogP contribution in [0.3, 0.4) is 0 Å². The van der Waals surface area contributed by atoms with Gasteiger partial charge >= 0.3 is 5.97 Å². The molecule has 1 saturated carbocycles. The van der Waals surface area contributed by atoms with E-state index < -0.39 is 5.97 Å². The van der Waals surface area contributed by atoms with Crippen molar-refractivity contribution < 1.29 is 19.4 Å². The molecular weight excluding hydrogens is 352 g/mol. The molecule has 4 heteroatoms. The first-order valence-electron chi connectivity index (χ1n) is 11.6. The first-order chi connectivity index (χ1) is 13.4.